The number of carbonyl (C=O) groups is 1. The van der Waals surface area contributed by atoms with Crippen LogP contribution in [0, 0.1) is 6.92 Å². The number of fused-ring (bicyclic) bond motifs is 1. The lowest BCUT2D eigenvalue weighted by Crippen LogP contribution is -2.21. The van der Waals surface area contributed by atoms with Crippen LogP contribution in [0.1, 0.15) is 24.4 Å². The van der Waals surface area contributed by atoms with E-state index in [0.717, 1.165) is 0 Å². The molecule has 4 rings (SSSR count). The Morgan fingerprint density at radius 2 is 1.68 bits per heavy atom. The topological polar surface area (TPSA) is 84.2 Å². The van der Waals surface area contributed by atoms with Crippen molar-refractivity contribution in [2.45, 2.75) is 20.0 Å². The maximum absolute atomic E-state index is 13.2. The molecule has 0 radical (unpaired) electrons. The molecule has 7 heteroatoms. The van der Waals surface area contributed by atoms with Crippen LogP contribution in [0.25, 0.3) is 11.0 Å². The zero-order valence-electron chi connectivity index (χ0n) is 19.1. The second-order valence-electron chi connectivity index (χ2n) is 7.39. The number of methoxy groups -OCH3 is 1. The van der Waals surface area contributed by atoms with E-state index >= 15 is 0 Å². The number of ether oxygens (including phenoxy) is 4. The largest absolute Gasteiger partial charge is 0.493 e. The van der Waals surface area contributed by atoms with Gasteiger partial charge in [-0.15, -0.1) is 0 Å². The predicted octanol–water partition coefficient (Wildman–Crippen LogP) is 5.59. The fourth-order valence-electron chi connectivity index (χ4n) is 3.51. The third-order valence-corrected chi connectivity index (χ3v) is 5.12. The van der Waals surface area contributed by atoms with Gasteiger partial charge in [0.1, 0.15) is 17.1 Å². The van der Waals surface area contributed by atoms with Gasteiger partial charge in [0.2, 0.25) is 17.3 Å². The van der Waals surface area contributed by atoms with Gasteiger partial charge in [-0.05, 0) is 38.1 Å². The van der Waals surface area contributed by atoms with Crippen LogP contribution in [0.3, 0.4) is 0 Å². The average Bonchev–Trinajstić information content (AvgIpc) is 2.85. The monoisotopic (exact) mass is 460 g/mol. The maximum atomic E-state index is 13.2. The number of para-hydroxylation sites is 2. The first-order valence-electron chi connectivity index (χ1n) is 10.8. The number of hydrogen-bond acceptors (Lipinski definition) is 7. The van der Waals surface area contributed by atoms with Gasteiger partial charge < -0.3 is 23.4 Å². The molecule has 0 aliphatic heterocycles. The van der Waals surface area contributed by atoms with Crippen molar-refractivity contribution in [1.29, 1.82) is 0 Å². The SMILES string of the molecule is CCOC(=O)[C@@H](Oc1ccc2c(=O)c(Oc3ccccc3OC)c(C)oc2c1)c1ccccc1. The predicted molar refractivity (Wildman–Crippen MR) is 127 cm³/mol. The van der Waals surface area contributed by atoms with E-state index in [-0.39, 0.29) is 17.8 Å². The van der Waals surface area contributed by atoms with Crippen molar-refractivity contribution in [3.63, 3.8) is 0 Å². The number of aryl methyl sites for hydroxylation is 1. The summed E-state index contributed by atoms with van der Waals surface area (Å²) in [5.41, 5.74) is 0.628. The minimum atomic E-state index is -0.959. The Morgan fingerprint density at radius 3 is 2.38 bits per heavy atom. The molecule has 174 valence electrons. The van der Waals surface area contributed by atoms with Crippen LogP contribution < -0.4 is 19.6 Å². The number of esters is 1. The molecule has 1 atom stereocenters. The van der Waals surface area contributed by atoms with Crippen molar-refractivity contribution in [1.82, 2.24) is 0 Å². The fourth-order valence-corrected chi connectivity index (χ4v) is 3.51. The summed E-state index contributed by atoms with van der Waals surface area (Å²) in [7, 11) is 1.53. The van der Waals surface area contributed by atoms with E-state index in [9.17, 15) is 9.59 Å². The average molecular weight is 460 g/mol. The van der Waals surface area contributed by atoms with E-state index in [1.165, 1.54) is 7.11 Å². The maximum Gasteiger partial charge on any atom is 0.352 e. The summed E-state index contributed by atoms with van der Waals surface area (Å²) in [5, 5.41) is 0.315. The minimum Gasteiger partial charge on any atom is -0.493 e. The first kappa shape index (κ1) is 22.9. The number of rotatable bonds is 8. The Labute approximate surface area is 196 Å². The second kappa shape index (κ2) is 10.1. The molecule has 0 saturated heterocycles. The van der Waals surface area contributed by atoms with Crippen LogP contribution in [-0.2, 0) is 9.53 Å². The fraction of sp³-hybridized carbons (Fsp3) is 0.185. The molecule has 3 aromatic carbocycles. The smallest absolute Gasteiger partial charge is 0.352 e. The molecule has 34 heavy (non-hydrogen) atoms. The Kier molecular flexibility index (Phi) is 6.82. The molecule has 1 heterocycles. The van der Waals surface area contributed by atoms with E-state index in [0.29, 0.717) is 39.5 Å². The van der Waals surface area contributed by atoms with E-state index in [1.807, 2.05) is 24.3 Å². The minimum absolute atomic E-state index is 0.0688. The van der Waals surface area contributed by atoms with E-state index in [4.69, 9.17) is 23.4 Å². The highest BCUT2D eigenvalue weighted by atomic mass is 16.6. The van der Waals surface area contributed by atoms with Gasteiger partial charge in [0, 0.05) is 11.6 Å². The molecule has 0 spiro atoms. The van der Waals surface area contributed by atoms with Gasteiger partial charge in [-0.25, -0.2) is 4.79 Å². The van der Waals surface area contributed by atoms with E-state index < -0.39 is 12.1 Å². The Balaban J connectivity index is 1.68. The summed E-state index contributed by atoms with van der Waals surface area (Å²) in [6.45, 7) is 3.61. The third-order valence-electron chi connectivity index (χ3n) is 5.12. The van der Waals surface area contributed by atoms with Gasteiger partial charge in [-0.1, -0.05) is 42.5 Å². The van der Waals surface area contributed by atoms with Crippen molar-refractivity contribution in [2.75, 3.05) is 13.7 Å². The van der Waals surface area contributed by atoms with Gasteiger partial charge >= 0.3 is 5.97 Å². The highest BCUT2D eigenvalue weighted by Gasteiger charge is 2.25. The summed E-state index contributed by atoms with van der Waals surface area (Å²) in [6.07, 6.45) is -0.959. The van der Waals surface area contributed by atoms with E-state index in [2.05, 4.69) is 0 Å². The van der Waals surface area contributed by atoms with Crippen LogP contribution >= 0.6 is 0 Å². The summed E-state index contributed by atoms with van der Waals surface area (Å²) in [6, 6.07) is 20.9. The molecule has 1 aromatic heterocycles. The highest BCUT2D eigenvalue weighted by Crippen LogP contribution is 2.33. The van der Waals surface area contributed by atoms with Crippen LogP contribution in [-0.4, -0.2) is 19.7 Å². The molecule has 0 N–H and O–H groups in total. The van der Waals surface area contributed by atoms with Crippen LogP contribution in [0.5, 0.6) is 23.0 Å². The molecule has 4 aromatic rings. The van der Waals surface area contributed by atoms with Gasteiger partial charge in [-0.2, -0.15) is 0 Å². The van der Waals surface area contributed by atoms with Gasteiger partial charge in [-0.3, -0.25) is 4.79 Å². The molecule has 7 nitrogen and oxygen atoms in total. The van der Waals surface area contributed by atoms with Gasteiger partial charge in [0.15, 0.2) is 11.5 Å². The molecule has 0 aliphatic rings. The Morgan fingerprint density at radius 1 is 0.971 bits per heavy atom. The number of hydrogen-bond donors (Lipinski definition) is 0. The van der Waals surface area contributed by atoms with E-state index in [1.54, 1.807) is 62.4 Å². The molecule has 0 bridgehead atoms. The quantitative estimate of drug-likeness (QED) is 0.317. The van der Waals surface area contributed by atoms with Gasteiger partial charge in [0.05, 0.1) is 19.1 Å². The van der Waals surface area contributed by atoms with Crippen molar-refractivity contribution in [3.8, 4) is 23.0 Å². The van der Waals surface area contributed by atoms with Crippen molar-refractivity contribution in [3.05, 3.63) is 94.3 Å². The number of benzene rings is 3. The van der Waals surface area contributed by atoms with Gasteiger partial charge in [0.25, 0.3) is 0 Å². The molecule has 0 unspecified atom stereocenters. The lowest BCUT2D eigenvalue weighted by molar-refractivity contribution is -0.151. The first-order valence-corrected chi connectivity index (χ1v) is 10.8. The molecule has 0 amide bonds. The lowest BCUT2D eigenvalue weighted by Gasteiger charge is -2.18. The van der Waals surface area contributed by atoms with Crippen molar-refractivity contribution < 1.29 is 28.2 Å². The third kappa shape index (κ3) is 4.73. The summed E-state index contributed by atoms with van der Waals surface area (Å²) in [4.78, 5) is 25.7. The molecule has 0 saturated carbocycles. The molecule has 0 fully saturated rings. The van der Waals surface area contributed by atoms with Crippen LogP contribution in [0.15, 0.2) is 82.0 Å². The number of carbonyl (C=O) groups excluding carboxylic acids is 1. The zero-order valence-corrected chi connectivity index (χ0v) is 19.1. The second-order valence-corrected chi connectivity index (χ2v) is 7.39. The highest BCUT2D eigenvalue weighted by molar-refractivity contribution is 5.80. The van der Waals surface area contributed by atoms with Crippen LogP contribution in [0.4, 0.5) is 0 Å². The Hall–Kier alpha value is -4.26. The normalized spacial score (nSPS) is 11.6. The summed E-state index contributed by atoms with van der Waals surface area (Å²) < 4.78 is 28.2. The summed E-state index contributed by atoms with van der Waals surface area (Å²) in [5.74, 6) is 1.11. The molecule has 0 aliphatic carbocycles. The first-order chi connectivity index (χ1) is 16.5. The lowest BCUT2D eigenvalue weighted by atomic mass is 10.1. The molecular weight excluding hydrogens is 436 g/mol. The van der Waals surface area contributed by atoms with Crippen molar-refractivity contribution >= 4 is 16.9 Å². The Bertz CT molecular complexity index is 1360. The standard InChI is InChI=1S/C27H24O7/c1-4-31-27(29)26(18-10-6-5-7-11-18)33-19-14-15-20-23(16-19)32-17(2)25(24(20)28)34-22-13-9-8-12-21(22)30-3/h5-16,26H,4H2,1-3H3/t26-/m0/s1. The molecular formula is C27H24O7. The van der Waals surface area contributed by atoms with Crippen LogP contribution in [0.2, 0.25) is 0 Å². The van der Waals surface area contributed by atoms with Crippen molar-refractivity contribution in [2.24, 2.45) is 0 Å². The zero-order chi connectivity index (χ0) is 24.1. The summed E-state index contributed by atoms with van der Waals surface area (Å²) >= 11 is 0.